The fourth-order valence-electron chi connectivity index (χ4n) is 1.22. The number of aliphatic hydroxyl groups excluding tert-OH is 1. The van der Waals surface area contributed by atoms with Gasteiger partial charge in [-0.1, -0.05) is 12.2 Å². The molecule has 0 unspecified atom stereocenters. The summed E-state index contributed by atoms with van der Waals surface area (Å²) in [6, 6.07) is 3.69. The number of aliphatic hydroxyl groups is 1. The molecule has 1 aromatic rings. The number of H-pyrrole nitrogens is 1. The van der Waals surface area contributed by atoms with Gasteiger partial charge in [0.15, 0.2) is 5.11 Å². The number of aromatic nitrogens is 1. The van der Waals surface area contributed by atoms with E-state index in [1.807, 2.05) is 29.4 Å². The lowest BCUT2D eigenvalue weighted by molar-refractivity contribution is 0.258. The average Bonchev–Trinajstić information content (AvgIpc) is 2.67. The second-order valence-corrected chi connectivity index (χ2v) is 4.04. The zero-order valence-corrected chi connectivity index (χ0v) is 10.5. The number of hydrogen-bond donors (Lipinski definition) is 3. The third kappa shape index (κ3) is 4.69. The summed E-state index contributed by atoms with van der Waals surface area (Å²) < 4.78 is 0.874. The average molecular weight is 257 g/mol. The van der Waals surface area contributed by atoms with E-state index in [-0.39, 0.29) is 6.61 Å². The Hall–Kier alpha value is -0.980. The Morgan fingerprint density at radius 1 is 1.31 bits per heavy atom. The first kappa shape index (κ1) is 13.1. The Kier molecular flexibility index (Phi) is 5.99. The smallest absolute Gasteiger partial charge is 0.169 e. The van der Waals surface area contributed by atoms with Gasteiger partial charge in [0.25, 0.3) is 0 Å². The van der Waals surface area contributed by atoms with E-state index in [0.29, 0.717) is 6.54 Å². The minimum absolute atomic E-state index is 0.182. The monoisotopic (exact) mass is 257 g/mol. The molecule has 0 bridgehead atoms. The molecule has 6 heteroatoms. The molecule has 0 atom stereocenters. The molecule has 1 fully saturated rings. The molecule has 1 aliphatic heterocycles. The molecule has 3 N–H and O–H groups in total. The Bertz CT molecular complexity index is 363. The number of thiocarbonyl (C=S) groups is 1. The third-order valence-corrected chi connectivity index (χ3v) is 2.68. The normalized spacial score (nSPS) is 14.1. The van der Waals surface area contributed by atoms with Crippen molar-refractivity contribution in [1.82, 2.24) is 15.2 Å². The van der Waals surface area contributed by atoms with E-state index in [0.717, 1.165) is 22.7 Å². The van der Waals surface area contributed by atoms with Crippen LogP contribution in [0.15, 0.2) is 24.5 Å². The van der Waals surface area contributed by atoms with Crippen molar-refractivity contribution in [1.29, 1.82) is 0 Å². The molecule has 16 heavy (non-hydrogen) atoms. The maximum absolute atomic E-state index is 8.52. The molecule has 0 amide bonds. The molecule has 1 aromatic heterocycles. The third-order valence-electron chi connectivity index (χ3n) is 2.00. The summed E-state index contributed by atoms with van der Waals surface area (Å²) in [5.74, 6) is 0. The molecule has 88 valence electrons. The number of β-amino-alcohol motifs (C(OH)–C–C–N with tert-alkyl or cyclic N) is 1. The molecule has 0 spiro atoms. The molecule has 0 aromatic carbocycles. The molecular weight excluding hydrogens is 242 g/mol. The summed E-state index contributed by atoms with van der Waals surface area (Å²) in [4.78, 5) is 4.82. The Labute approximate surface area is 105 Å². The fraction of sp³-hybridized carbons (Fsp3) is 0.400. The first-order valence-corrected chi connectivity index (χ1v) is 5.82. The Morgan fingerprint density at radius 3 is 2.38 bits per heavy atom. The van der Waals surface area contributed by atoms with Crippen LogP contribution in [0.2, 0.25) is 0 Å². The van der Waals surface area contributed by atoms with Gasteiger partial charge in [0.2, 0.25) is 0 Å². The number of aromatic amines is 1. The second-order valence-electron chi connectivity index (χ2n) is 3.18. The number of rotatable bonds is 2. The van der Waals surface area contributed by atoms with Crippen molar-refractivity contribution in [2.24, 2.45) is 0 Å². The van der Waals surface area contributed by atoms with Crippen molar-refractivity contribution in [2.45, 2.75) is 0 Å². The van der Waals surface area contributed by atoms with Gasteiger partial charge in [0.1, 0.15) is 0 Å². The predicted molar refractivity (Wildman–Crippen MR) is 70.9 cm³/mol. The van der Waals surface area contributed by atoms with Gasteiger partial charge < -0.3 is 20.3 Å². The van der Waals surface area contributed by atoms with Crippen molar-refractivity contribution in [2.75, 3.05) is 26.2 Å². The van der Waals surface area contributed by atoms with E-state index in [4.69, 9.17) is 29.5 Å². The number of hydrogen-bond acceptors (Lipinski definition) is 3. The van der Waals surface area contributed by atoms with Gasteiger partial charge in [-0.2, -0.15) is 0 Å². The van der Waals surface area contributed by atoms with Gasteiger partial charge in [-0.3, -0.25) is 0 Å². The fourth-order valence-corrected chi connectivity index (χ4v) is 1.64. The maximum atomic E-state index is 8.52. The van der Waals surface area contributed by atoms with Gasteiger partial charge >= 0.3 is 0 Å². The van der Waals surface area contributed by atoms with Crippen LogP contribution in [0.3, 0.4) is 0 Å². The van der Waals surface area contributed by atoms with Crippen LogP contribution in [-0.4, -0.2) is 46.3 Å². The maximum Gasteiger partial charge on any atom is 0.169 e. The highest BCUT2D eigenvalue weighted by molar-refractivity contribution is 7.80. The Morgan fingerprint density at radius 2 is 2.00 bits per heavy atom. The van der Waals surface area contributed by atoms with Crippen LogP contribution in [0.25, 0.3) is 0 Å². The zero-order valence-electron chi connectivity index (χ0n) is 8.85. The lowest BCUT2D eigenvalue weighted by Crippen LogP contribution is -2.30. The number of nitrogens with one attached hydrogen (secondary N) is 2. The highest BCUT2D eigenvalue weighted by Crippen LogP contribution is 1.94. The molecule has 2 rings (SSSR count). The molecule has 1 aliphatic rings. The Balaban J connectivity index is 0.000000165. The second kappa shape index (κ2) is 7.32. The van der Waals surface area contributed by atoms with Gasteiger partial charge in [0.05, 0.1) is 6.61 Å². The van der Waals surface area contributed by atoms with Gasteiger partial charge in [0, 0.05) is 36.5 Å². The van der Waals surface area contributed by atoms with Crippen LogP contribution in [0, 0.1) is 4.51 Å². The summed E-state index contributed by atoms with van der Waals surface area (Å²) in [5.41, 5.74) is 0. The van der Waals surface area contributed by atoms with Crippen LogP contribution in [0.1, 0.15) is 0 Å². The quantitative estimate of drug-likeness (QED) is 0.688. The van der Waals surface area contributed by atoms with Crippen LogP contribution < -0.4 is 5.32 Å². The number of pyridine rings is 1. The number of nitrogens with zero attached hydrogens (tertiary/aromatic N) is 1. The standard InChI is InChI=1S/C5H10N2OS.C5H5NS/c8-4-3-7-2-1-6-5(7)9;7-5-1-3-6-4-2-5/h8H,1-4H2,(H,6,9);1-4H,(H,6,7). The van der Waals surface area contributed by atoms with E-state index in [2.05, 4.69) is 10.3 Å². The van der Waals surface area contributed by atoms with E-state index >= 15 is 0 Å². The van der Waals surface area contributed by atoms with Gasteiger partial charge in [-0.05, 0) is 24.4 Å². The van der Waals surface area contributed by atoms with E-state index in [1.165, 1.54) is 0 Å². The molecular formula is C10H15N3OS2. The molecule has 0 aliphatic carbocycles. The van der Waals surface area contributed by atoms with E-state index in [9.17, 15) is 0 Å². The molecule has 1 saturated heterocycles. The van der Waals surface area contributed by atoms with Crippen molar-refractivity contribution in [3.8, 4) is 0 Å². The minimum Gasteiger partial charge on any atom is -0.395 e. The van der Waals surface area contributed by atoms with Crippen LogP contribution in [-0.2, 0) is 0 Å². The highest BCUT2D eigenvalue weighted by atomic mass is 32.1. The lowest BCUT2D eigenvalue weighted by atomic mass is 10.5. The van der Waals surface area contributed by atoms with Crippen molar-refractivity contribution in [3.63, 3.8) is 0 Å². The molecule has 2 heterocycles. The van der Waals surface area contributed by atoms with Crippen LogP contribution in [0.5, 0.6) is 0 Å². The SMILES string of the molecule is OCCN1CCNC1=S.S=c1cc[nH]cc1. The van der Waals surface area contributed by atoms with Crippen molar-refractivity contribution < 1.29 is 5.11 Å². The first-order chi connectivity index (χ1) is 7.74. The zero-order chi connectivity index (χ0) is 11.8. The molecule has 0 radical (unpaired) electrons. The summed E-state index contributed by atoms with van der Waals surface area (Å²) in [5, 5.41) is 12.3. The highest BCUT2D eigenvalue weighted by Gasteiger charge is 2.13. The van der Waals surface area contributed by atoms with Crippen LogP contribution >= 0.6 is 24.4 Å². The largest absolute Gasteiger partial charge is 0.395 e. The van der Waals surface area contributed by atoms with Crippen molar-refractivity contribution >= 4 is 29.5 Å². The summed E-state index contributed by atoms with van der Waals surface area (Å²) in [6.07, 6.45) is 3.62. The predicted octanol–water partition coefficient (Wildman–Crippen LogP) is 0.913. The molecule has 4 nitrogen and oxygen atoms in total. The van der Waals surface area contributed by atoms with E-state index in [1.54, 1.807) is 0 Å². The van der Waals surface area contributed by atoms with E-state index < -0.39 is 0 Å². The van der Waals surface area contributed by atoms with Crippen LogP contribution in [0.4, 0.5) is 0 Å². The first-order valence-electron chi connectivity index (χ1n) is 5.01. The minimum atomic E-state index is 0.182. The topological polar surface area (TPSA) is 51.3 Å². The lowest BCUT2D eigenvalue weighted by Gasteiger charge is -2.13. The summed E-state index contributed by atoms with van der Waals surface area (Å²) >= 11 is 9.70. The summed E-state index contributed by atoms with van der Waals surface area (Å²) in [7, 11) is 0. The van der Waals surface area contributed by atoms with Gasteiger partial charge in [-0.25, -0.2) is 0 Å². The van der Waals surface area contributed by atoms with Gasteiger partial charge in [-0.15, -0.1) is 0 Å². The summed E-state index contributed by atoms with van der Waals surface area (Å²) in [6.45, 7) is 2.69. The van der Waals surface area contributed by atoms with Crippen molar-refractivity contribution in [3.05, 3.63) is 29.0 Å². The molecule has 0 saturated carbocycles.